The Balaban J connectivity index is 0.000000750. The molecule has 3 rings (SSSR count). The van der Waals surface area contributed by atoms with Crippen LogP contribution in [-0.2, 0) is 23.7 Å². The largest absolute Gasteiger partial charge is 0.490 e. The molecular formula is C29H41NO10S. The number of hydrogen-bond acceptors (Lipinski definition) is 12. The molecule has 1 saturated heterocycles. The van der Waals surface area contributed by atoms with Gasteiger partial charge in [0.05, 0.1) is 50.8 Å². The van der Waals surface area contributed by atoms with Gasteiger partial charge < -0.3 is 38.3 Å². The van der Waals surface area contributed by atoms with E-state index >= 15 is 0 Å². The molecule has 1 heterocycles. The van der Waals surface area contributed by atoms with Crippen molar-refractivity contribution in [3.8, 4) is 16.9 Å². The summed E-state index contributed by atoms with van der Waals surface area (Å²) in [6, 6.07) is 13.4. The van der Waals surface area contributed by atoms with E-state index in [1.807, 2.05) is 5.40 Å². The first-order valence-corrected chi connectivity index (χ1v) is 13.2. The molecule has 0 aromatic heterocycles. The minimum atomic E-state index is -0.506. The molecule has 1 atom stereocenters. The fourth-order valence-corrected chi connectivity index (χ4v) is 3.46. The van der Waals surface area contributed by atoms with E-state index in [-0.39, 0.29) is 46.9 Å². The van der Waals surface area contributed by atoms with E-state index in [0.29, 0.717) is 55.7 Å². The van der Waals surface area contributed by atoms with Crippen LogP contribution >= 0.6 is 11.8 Å². The van der Waals surface area contributed by atoms with Gasteiger partial charge in [0.1, 0.15) is 30.1 Å². The first-order valence-electron chi connectivity index (χ1n) is 12.3. The zero-order chi connectivity index (χ0) is 28.3. The van der Waals surface area contributed by atoms with Gasteiger partial charge in [-0.15, -0.1) is 0 Å². The number of ether oxygens (including phenoxy) is 7. The molecule has 0 saturated carbocycles. The number of benzene rings is 2. The fraction of sp³-hybridized carbons (Fsp3) is 0.483. The van der Waals surface area contributed by atoms with Gasteiger partial charge in [0, 0.05) is 0 Å². The normalized spacial score (nSPS) is 12.7. The van der Waals surface area contributed by atoms with Gasteiger partial charge in [0.15, 0.2) is 11.7 Å². The summed E-state index contributed by atoms with van der Waals surface area (Å²) >= 11 is 0.910. The predicted molar refractivity (Wildman–Crippen MR) is 155 cm³/mol. The van der Waals surface area contributed by atoms with E-state index in [4.69, 9.17) is 43.5 Å². The summed E-state index contributed by atoms with van der Waals surface area (Å²) in [6.07, 6.45) is -0.323. The van der Waals surface area contributed by atoms with E-state index in [2.05, 4.69) is 0 Å². The van der Waals surface area contributed by atoms with Crippen LogP contribution < -0.4 is 9.47 Å². The summed E-state index contributed by atoms with van der Waals surface area (Å²) in [5.74, 6) is 0.315. The number of nitriles is 1. The van der Waals surface area contributed by atoms with Crippen LogP contribution in [0.15, 0.2) is 48.5 Å². The monoisotopic (exact) mass is 595 g/mol. The van der Waals surface area contributed by atoms with Gasteiger partial charge in [-0.3, -0.25) is 0 Å². The highest BCUT2D eigenvalue weighted by atomic mass is 32.2. The third kappa shape index (κ3) is 14.7. The topological polar surface area (TPSA) is 143 Å². The van der Waals surface area contributed by atoms with Crippen molar-refractivity contribution in [2.45, 2.75) is 40.4 Å². The van der Waals surface area contributed by atoms with Gasteiger partial charge in [0.2, 0.25) is 0 Å². The maximum atomic E-state index is 11.6. The molecule has 0 bridgehead atoms. The summed E-state index contributed by atoms with van der Waals surface area (Å²) in [7, 11) is 0. The van der Waals surface area contributed by atoms with Crippen LogP contribution in [0.2, 0.25) is 0 Å². The molecule has 2 aromatic carbocycles. The molecule has 11 nitrogen and oxygen atoms in total. The van der Waals surface area contributed by atoms with Crippen molar-refractivity contribution in [3.05, 3.63) is 59.7 Å². The van der Waals surface area contributed by atoms with Crippen LogP contribution in [0.25, 0.3) is 0 Å². The fourth-order valence-electron chi connectivity index (χ4n) is 3.05. The van der Waals surface area contributed by atoms with Crippen LogP contribution in [0.3, 0.4) is 0 Å². The number of esters is 2. The average Bonchev–Trinajstić information content (AvgIpc) is 3.48. The minimum Gasteiger partial charge on any atom is -0.490 e. The Kier molecular flexibility index (Phi) is 20.5. The second-order valence-corrected chi connectivity index (χ2v) is 8.47. The molecule has 41 heavy (non-hydrogen) atoms. The van der Waals surface area contributed by atoms with Crippen molar-refractivity contribution in [1.82, 2.24) is 0 Å². The lowest BCUT2D eigenvalue weighted by Crippen LogP contribution is -2.19. The molecule has 0 spiro atoms. The molecule has 1 aliphatic rings. The van der Waals surface area contributed by atoms with E-state index in [9.17, 15) is 9.59 Å². The summed E-state index contributed by atoms with van der Waals surface area (Å²) in [5, 5.41) is 19.3. The summed E-state index contributed by atoms with van der Waals surface area (Å²) in [6.45, 7) is 5.80. The number of aliphatic hydroxyl groups is 1. The smallest absolute Gasteiger partial charge is 0.338 e. The molecule has 0 amide bonds. The van der Waals surface area contributed by atoms with Crippen LogP contribution in [0.1, 0.15) is 49.4 Å². The highest BCUT2D eigenvalue weighted by Crippen LogP contribution is 2.18. The lowest BCUT2D eigenvalue weighted by Gasteiger charge is -2.14. The van der Waals surface area contributed by atoms with Gasteiger partial charge in [-0.1, -0.05) is 27.0 Å². The molecule has 1 N–H and O–H groups in total. The molecule has 1 aliphatic heterocycles. The lowest BCUT2D eigenvalue weighted by molar-refractivity contribution is -0.0684. The van der Waals surface area contributed by atoms with Crippen LogP contribution in [0.5, 0.6) is 11.5 Å². The van der Waals surface area contributed by atoms with Crippen molar-refractivity contribution in [1.29, 1.82) is 5.26 Å². The number of carbonyl (C=O) groups is 2. The van der Waals surface area contributed by atoms with Crippen molar-refractivity contribution >= 4 is 23.7 Å². The van der Waals surface area contributed by atoms with Crippen LogP contribution in [-0.4, -0.2) is 81.6 Å². The third-order valence-electron chi connectivity index (χ3n) is 4.73. The van der Waals surface area contributed by atoms with E-state index < -0.39 is 11.4 Å². The van der Waals surface area contributed by atoms with Crippen molar-refractivity contribution in [2.24, 2.45) is 0 Å². The Bertz CT molecular complexity index is 1060. The van der Waals surface area contributed by atoms with Crippen molar-refractivity contribution in [2.75, 3.05) is 52.9 Å². The van der Waals surface area contributed by atoms with E-state index in [1.165, 1.54) is 0 Å². The number of aliphatic hydroxyl groups excluding tert-OH is 1. The minimum absolute atomic E-state index is 0. The molecule has 1 fully saturated rings. The van der Waals surface area contributed by atoms with E-state index in [1.54, 1.807) is 62.4 Å². The highest BCUT2D eigenvalue weighted by Gasteiger charge is 2.17. The maximum Gasteiger partial charge on any atom is 0.338 e. The molecule has 0 radical (unpaired) electrons. The van der Waals surface area contributed by atoms with Crippen molar-refractivity contribution < 1.29 is 47.9 Å². The van der Waals surface area contributed by atoms with Gasteiger partial charge >= 0.3 is 11.9 Å². The quantitative estimate of drug-likeness (QED) is 0.184. The number of carbonyl (C=O) groups excluding carboxylic acids is 2. The Hall–Kier alpha value is -3.34. The average molecular weight is 596 g/mol. The molecule has 2 aromatic rings. The van der Waals surface area contributed by atoms with Crippen molar-refractivity contribution in [3.63, 3.8) is 0 Å². The van der Waals surface area contributed by atoms with Crippen LogP contribution in [0.4, 0.5) is 0 Å². The number of nitrogens with zero attached hydrogens (tertiary/aromatic N) is 1. The molecule has 12 heteroatoms. The van der Waals surface area contributed by atoms with E-state index in [0.717, 1.165) is 11.8 Å². The number of thioether (sulfide) groups is 1. The number of hydrogen-bond donors (Lipinski definition) is 1. The Morgan fingerprint density at radius 1 is 0.976 bits per heavy atom. The standard InChI is InChI=1S/C14H17NO5S.C13H16O5.2CH4/c1-2-18-14(17)11-4-3-5-12(8-11)20-9-13(21-10-15)19-7-6-16;1-2-15-13(14)10-4-3-5-11(8-10)18-9-12-16-6-7-17-12;;/h3-5,8,13,16H,2,6-7,9H2,1H3;3-5,8,12H,2,6-7,9H2,1H3;2*1H4. The summed E-state index contributed by atoms with van der Waals surface area (Å²) < 4.78 is 36.6. The summed E-state index contributed by atoms with van der Waals surface area (Å²) in [5.41, 5.74) is 0.367. The lowest BCUT2D eigenvalue weighted by atomic mass is 10.2. The molecular weight excluding hydrogens is 554 g/mol. The van der Waals surface area contributed by atoms with Gasteiger partial charge in [-0.25, -0.2) is 9.59 Å². The number of thiocyanates is 1. The zero-order valence-electron chi connectivity index (χ0n) is 21.9. The van der Waals surface area contributed by atoms with Gasteiger partial charge in [-0.05, 0) is 62.0 Å². The van der Waals surface area contributed by atoms with Gasteiger partial charge in [-0.2, -0.15) is 5.26 Å². The second-order valence-electron chi connectivity index (χ2n) is 7.52. The second kappa shape index (κ2) is 22.4. The first-order chi connectivity index (χ1) is 19.0. The number of rotatable bonds is 14. The highest BCUT2D eigenvalue weighted by molar-refractivity contribution is 8.04. The molecule has 1 unspecified atom stereocenters. The maximum absolute atomic E-state index is 11.6. The SMILES string of the molecule is C.C.CCOC(=O)c1cccc(OCC(OCCO)SC#N)c1.CCOC(=O)c1cccc(OCC2OCCO2)c1. The third-order valence-corrected chi connectivity index (χ3v) is 5.37. The summed E-state index contributed by atoms with van der Waals surface area (Å²) in [4.78, 5) is 23.1. The first kappa shape index (κ1) is 37.7. The Labute approximate surface area is 246 Å². The van der Waals surface area contributed by atoms with Crippen LogP contribution in [0, 0.1) is 10.7 Å². The molecule has 228 valence electrons. The predicted octanol–water partition coefficient (Wildman–Crippen LogP) is 4.68. The van der Waals surface area contributed by atoms with Gasteiger partial charge in [0.25, 0.3) is 0 Å². The Morgan fingerprint density at radius 3 is 2.00 bits per heavy atom. The Morgan fingerprint density at radius 2 is 1.51 bits per heavy atom. The molecule has 0 aliphatic carbocycles. The zero-order valence-corrected chi connectivity index (χ0v) is 22.7.